The number of halogens is 1. The highest BCUT2D eigenvalue weighted by Crippen LogP contribution is 2.37. The van der Waals surface area contributed by atoms with Gasteiger partial charge in [0.25, 0.3) is 11.5 Å². The maximum absolute atomic E-state index is 14.0. The number of nitrogens with zero attached hydrogens (tertiary/aromatic N) is 5. The number of aryl methyl sites for hydroxylation is 1. The van der Waals surface area contributed by atoms with Crippen molar-refractivity contribution in [3.63, 3.8) is 0 Å². The first kappa shape index (κ1) is 27.8. The number of benzene rings is 2. The van der Waals surface area contributed by atoms with Gasteiger partial charge in [0.1, 0.15) is 15.8 Å². The maximum Gasteiger partial charge on any atom is 0.267 e. The molecule has 9 nitrogen and oxygen atoms in total. The van der Waals surface area contributed by atoms with E-state index in [1.807, 2.05) is 61.5 Å². The van der Waals surface area contributed by atoms with Gasteiger partial charge in [-0.2, -0.15) is 0 Å². The molecule has 3 aliphatic rings. The summed E-state index contributed by atoms with van der Waals surface area (Å²) in [4.78, 5) is 38.9. The Labute approximate surface area is 262 Å². The number of rotatable bonds is 5. The third-order valence-corrected chi connectivity index (χ3v) is 9.36. The van der Waals surface area contributed by atoms with E-state index in [1.54, 1.807) is 21.6 Å². The van der Waals surface area contributed by atoms with Crippen molar-refractivity contribution < 1.29 is 14.3 Å². The zero-order chi connectivity index (χ0) is 29.7. The topological polar surface area (TPSA) is 79.6 Å². The molecule has 2 aromatic heterocycles. The molecule has 7 rings (SSSR count). The van der Waals surface area contributed by atoms with E-state index in [4.69, 9.17) is 38.3 Å². The van der Waals surface area contributed by atoms with E-state index in [9.17, 15) is 9.59 Å². The van der Waals surface area contributed by atoms with Crippen LogP contribution in [0.3, 0.4) is 0 Å². The van der Waals surface area contributed by atoms with Gasteiger partial charge in [-0.3, -0.25) is 18.9 Å². The Balaban J connectivity index is 1.21. The van der Waals surface area contributed by atoms with E-state index in [0.717, 1.165) is 29.9 Å². The number of thiocarbonyl (C=S) groups is 1. The fraction of sp³-hybridized carbons (Fsp3) is 0.226. The molecule has 0 radical (unpaired) electrons. The van der Waals surface area contributed by atoms with Crippen LogP contribution in [0.4, 0.5) is 11.5 Å². The first-order valence-electron chi connectivity index (χ1n) is 13.8. The van der Waals surface area contributed by atoms with Crippen molar-refractivity contribution in [2.45, 2.75) is 13.5 Å². The van der Waals surface area contributed by atoms with Crippen LogP contribution in [0.15, 0.2) is 70.5 Å². The highest BCUT2D eigenvalue weighted by atomic mass is 35.5. The third kappa shape index (κ3) is 5.21. The van der Waals surface area contributed by atoms with Crippen molar-refractivity contribution in [1.82, 2.24) is 14.3 Å². The van der Waals surface area contributed by atoms with Crippen LogP contribution in [0.2, 0.25) is 5.02 Å². The fourth-order valence-corrected chi connectivity index (χ4v) is 6.93. The molecule has 0 N–H and O–H groups in total. The number of thioether (sulfide) groups is 1. The van der Waals surface area contributed by atoms with Gasteiger partial charge < -0.3 is 19.3 Å². The normalized spacial score (nSPS) is 17.5. The Morgan fingerprint density at radius 2 is 1.79 bits per heavy atom. The van der Waals surface area contributed by atoms with Crippen molar-refractivity contribution in [2.24, 2.45) is 0 Å². The highest BCUT2D eigenvalue weighted by Gasteiger charge is 2.34. The number of piperazine rings is 1. The molecule has 2 saturated heterocycles. The molecule has 5 heterocycles. The van der Waals surface area contributed by atoms with Gasteiger partial charge in [0.2, 0.25) is 6.79 Å². The largest absolute Gasteiger partial charge is 0.454 e. The van der Waals surface area contributed by atoms with Gasteiger partial charge in [-0.15, -0.1) is 0 Å². The Hall–Kier alpha value is -4.06. The number of anilines is 2. The molecule has 0 aliphatic carbocycles. The van der Waals surface area contributed by atoms with Crippen LogP contribution < -0.4 is 24.8 Å². The molecule has 1 amide bonds. The van der Waals surface area contributed by atoms with Gasteiger partial charge in [-0.25, -0.2) is 4.98 Å². The second-order valence-corrected chi connectivity index (χ2v) is 12.6. The summed E-state index contributed by atoms with van der Waals surface area (Å²) in [5.41, 5.74) is 3.53. The van der Waals surface area contributed by atoms with E-state index < -0.39 is 0 Å². The molecule has 2 fully saturated rings. The molecule has 0 saturated carbocycles. The van der Waals surface area contributed by atoms with Crippen LogP contribution in [0.1, 0.15) is 16.7 Å². The van der Waals surface area contributed by atoms with Gasteiger partial charge >= 0.3 is 0 Å². The average Bonchev–Trinajstić information content (AvgIpc) is 3.58. The van der Waals surface area contributed by atoms with E-state index in [0.29, 0.717) is 55.9 Å². The van der Waals surface area contributed by atoms with Crippen molar-refractivity contribution >= 4 is 69.0 Å². The number of carbonyl (C=O) groups is 1. The van der Waals surface area contributed by atoms with Gasteiger partial charge in [0.15, 0.2) is 11.5 Å². The number of carbonyl (C=O) groups excluding carboxylic acids is 1. The molecular weight excluding hydrogens is 606 g/mol. The van der Waals surface area contributed by atoms with Crippen LogP contribution in [0.25, 0.3) is 11.7 Å². The molecule has 0 atom stereocenters. The number of fused-ring (bicyclic) bond motifs is 2. The summed E-state index contributed by atoms with van der Waals surface area (Å²) in [6, 6.07) is 17.1. The number of pyridine rings is 1. The van der Waals surface area contributed by atoms with Crippen LogP contribution in [-0.4, -0.2) is 57.5 Å². The number of amides is 1. The lowest BCUT2D eigenvalue weighted by Crippen LogP contribution is -2.47. The van der Waals surface area contributed by atoms with E-state index in [1.165, 1.54) is 11.8 Å². The number of hydrogen-bond acceptors (Lipinski definition) is 9. The van der Waals surface area contributed by atoms with Gasteiger partial charge in [0.05, 0.1) is 17.0 Å². The third-order valence-electron chi connectivity index (χ3n) is 7.74. The Morgan fingerprint density at radius 1 is 1.00 bits per heavy atom. The molecule has 218 valence electrons. The summed E-state index contributed by atoms with van der Waals surface area (Å²) < 4.78 is 12.9. The summed E-state index contributed by atoms with van der Waals surface area (Å²) in [6.07, 6.45) is 3.36. The van der Waals surface area contributed by atoms with Crippen molar-refractivity contribution in [2.75, 3.05) is 42.8 Å². The zero-order valence-corrected chi connectivity index (χ0v) is 25.5. The van der Waals surface area contributed by atoms with Gasteiger partial charge in [0, 0.05) is 43.1 Å². The van der Waals surface area contributed by atoms with Crippen LogP contribution in [0, 0.1) is 6.92 Å². The summed E-state index contributed by atoms with van der Waals surface area (Å²) in [5, 5.41) is 0.692. The summed E-state index contributed by atoms with van der Waals surface area (Å²) in [6.45, 7) is 5.14. The molecule has 0 unspecified atom stereocenters. The second kappa shape index (κ2) is 11.2. The van der Waals surface area contributed by atoms with Crippen LogP contribution in [-0.2, 0) is 11.3 Å². The Kier molecular flexibility index (Phi) is 7.24. The first-order valence-corrected chi connectivity index (χ1v) is 15.4. The average molecular weight is 632 g/mol. The van der Waals surface area contributed by atoms with Crippen molar-refractivity contribution in [3.8, 4) is 11.5 Å². The first-order chi connectivity index (χ1) is 20.9. The van der Waals surface area contributed by atoms with Gasteiger partial charge in [-0.05, 0) is 60.5 Å². The molecule has 43 heavy (non-hydrogen) atoms. The molecule has 0 spiro atoms. The smallest absolute Gasteiger partial charge is 0.267 e. The minimum atomic E-state index is -0.252. The second-order valence-electron chi connectivity index (χ2n) is 10.4. The number of ether oxygens (including phenoxy) is 2. The van der Waals surface area contributed by atoms with Crippen LogP contribution >= 0.6 is 35.6 Å². The van der Waals surface area contributed by atoms with E-state index in [2.05, 4.69) is 9.80 Å². The Bertz CT molecular complexity index is 1890. The quantitative estimate of drug-likeness (QED) is 0.220. The van der Waals surface area contributed by atoms with Crippen molar-refractivity contribution in [1.29, 1.82) is 0 Å². The van der Waals surface area contributed by atoms with Gasteiger partial charge in [-0.1, -0.05) is 53.8 Å². The predicted octanol–water partition coefficient (Wildman–Crippen LogP) is 5.11. The zero-order valence-electron chi connectivity index (χ0n) is 23.2. The molecule has 4 aromatic rings. The molecule has 0 bridgehead atoms. The number of hydrogen-bond donors (Lipinski definition) is 0. The minimum absolute atomic E-state index is 0.176. The summed E-state index contributed by atoms with van der Waals surface area (Å²) >= 11 is 13.0. The van der Waals surface area contributed by atoms with Crippen molar-refractivity contribution in [3.05, 3.63) is 97.8 Å². The molecule has 3 aliphatic heterocycles. The standard InChI is InChI=1S/C31H26ClN5O4S2/c1-19-4-3-9-36-27(19)33-28(35-12-10-34(11-13-35)22-6-2-5-21(32)15-22)23(29(36)38)16-26-30(39)37(31(42)43-26)17-20-7-8-24-25(14-20)41-18-40-24/h2-9,14-16H,10-13,17-18H2,1H3. The molecule has 2 aromatic carbocycles. The van der Waals surface area contributed by atoms with Crippen LogP contribution in [0.5, 0.6) is 11.5 Å². The highest BCUT2D eigenvalue weighted by molar-refractivity contribution is 8.26. The predicted molar refractivity (Wildman–Crippen MR) is 173 cm³/mol. The lowest BCUT2D eigenvalue weighted by Gasteiger charge is -2.37. The van der Waals surface area contributed by atoms with E-state index in [-0.39, 0.29) is 24.8 Å². The monoisotopic (exact) mass is 631 g/mol. The maximum atomic E-state index is 14.0. The molecular formula is C31H26ClN5O4S2. The SMILES string of the molecule is Cc1cccn2c(=O)c(C=C3SC(=S)N(Cc4ccc5c(c4)OCO5)C3=O)c(N3CCN(c4cccc(Cl)c4)CC3)nc12. The summed E-state index contributed by atoms with van der Waals surface area (Å²) in [7, 11) is 0. The summed E-state index contributed by atoms with van der Waals surface area (Å²) in [5.74, 6) is 1.63. The fourth-order valence-electron chi connectivity index (χ4n) is 5.51. The van der Waals surface area contributed by atoms with E-state index >= 15 is 0 Å². The lowest BCUT2D eigenvalue weighted by molar-refractivity contribution is -0.122. The Morgan fingerprint density at radius 3 is 2.60 bits per heavy atom. The molecule has 12 heteroatoms. The minimum Gasteiger partial charge on any atom is -0.454 e. The number of aromatic nitrogens is 2. The lowest BCUT2D eigenvalue weighted by atomic mass is 10.1.